The summed E-state index contributed by atoms with van der Waals surface area (Å²) in [6, 6.07) is 3.17. The highest BCUT2D eigenvalue weighted by Gasteiger charge is 2.47. The van der Waals surface area contributed by atoms with Crippen LogP contribution in [0, 0.1) is 5.41 Å². The van der Waals surface area contributed by atoms with Gasteiger partial charge >= 0.3 is 5.97 Å². The van der Waals surface area contributed by atoms with Gasteiger partial charge in [0.2, 0.25) is 0 Å². The Hall–Kier alpha value is -2.28. The molecule has 0 spiro atoms. The second-order valence-electron chi connectivity index (χ2n) is 4.94. The van der Waals surface area contributed by atoms with Gasteiger partial charge in [-0.15, -0.1) is 0 Å². The van der Waals surface area contributed by atoms with Crippen molar-refractivity contribution in [1.29, 1.82) is 0 Å². The molecule has 1 saturated heterocycles. The van der Waals surface area contributed by atoms with Crippen LogP contribution < -0.4 is 5.32 Å². The molecule has 1 amide bonds. The summed E-state index contributed by atoms with van der Waals surface area (Å²) < 4.78 is 5.11. The molecule has 20 heavy (non-hydrogen) atoms. The lowest BCUT2D eigenvalue weighted by molar-refractivity contribution is -0.148. The highest BCUT2D eigenvalue weighted by atomic mass is 16.5. The van der Waals surface area contributed by atoms with Gasteiger partial charge in [-0.05, 0) is 19.1 Å². The van der Waals surface area contributed by atoms with E-state index in [1.165, 1.54) is 25.1 Å². The Kier molecular flexibility index (Phi) is 3.54. The molecule has 7 nitrogen and oxygen atoms in total. The molecule has 1 aliphatic rings. The molecule has 1 fully saturated rings. The number of amides is 1. The number of nitrogens with one attached hydrogen (secondary N) is 1. The highest BCUT2D eigenvalue weighted by molar-refractivity contribution is 6.00. The lowest BCUT2D eigenvalue weighted by Gasteiger charge is -2.25. The summed E-state index contributed by atoms with van der Waals surface area (Å²) in [4.78, 5) is 23.3. The summed E-state index contributed by atoms with van der Waals surface area (Å²) in [5.41, 5.74) is -1.53. The summed E-state index contributed by atoms with van der Waals surface area (Å²) in [6.07, 6.45) is 0. The largest absolute Gasteiger partial charge is 0.507 e. The van der Waals surface area contributed by atoms with Crippen LogP contribution in [0.3, 0.4) is 0 Å². The Morgan fingerprint density at radius 1 is 1.35 bits per heavy atom. The van der Waals surface area contributed by atoms with Gasteiger partial charge in [-0.1, -0.05) is 6.07 Å². The Bertz CT molecular complexity index is 538. The van der Waals surface area contributed by atoms with Crippen molar-refractivity contribution in [2.24, 2.45) is 5.41 Å². The van der Waals surface area contributed by atoms with Crippen LogP contribution in [0.25, 0.3) is 0 Å². The molecule has 1 aliphatic heterocycles. The van der Waals surface area contributed by atoms with Crippen LogP contribution in [0.4, 0.5) is 0 Å². The molecule has 0 saturated carbocycles. The molecule has 0 radical (unpaired) electrons. The maximum absolute atomic E-state index is 12.1. The first-order valence-corrected chi connectivity index (χ1v) is 5.99. The van der Waals surface area contributed by atoms with Gasteiger partial charge in [0.1, 0.15) is 22.5 Å². The smallest absolute Gasteiger partial charge is 0.313 e. The molecule has 1 heterocycles. The van der Waals surface area contributed by atoms with Gasteiger partial charge in [-0.25, -0.2) is 0 Å². The van der Waals surface area contributed by atoms with Gasteiger partial charge in [-0.3, -0.25) is 9.59 Å². The second-order valence-corrected chi connectivity index (χ2v) is 4.94. The van der Waals surface area contributed by atoms with Gasteiger partial charge < -0.3 is 25.4 Å². The van der Waals surface area contributed by atoms with E-state index in [0.29, 0.717) is 0 Å². The number of carbonyl (C=O) groups is 2. The van der Waals surface area contributed by atoms with Crippen LogP contribution in [0.1, 0.15) is 17.3 Å². The number of aromatic hydroxyl groups is 2. The Balaban J connectivity index is 2.22. The summed E-state index contributed by atoms with van der Waals surface area (Å²) in [6.45, 7) is 1.51. The Labute approximate surface area is 114 Å². The number of carbonyl (C=O) groups excluding carboxylic acids is 1. The number of rotatable bonds is 3. The number of aliphatic carboxylic acids is 1. The number of ether oxygens (including phenoxy) is 1. The van der Waals surface area contributed by atoms with E-state index < -0.39 is 23.3 Å². The fraction of sp³-hybridized carbons (Fsp3) is 0.385. The van der Waals surface area contributed by atoms with Crippen LogP contribution in [0.5, 0.6) is 11.5 Å². The standard InChI is InChI=1S/C13H15NO6/c1-13(12(18)19)6-20-5-9(13)14-11(17)10-7(15)3-2-4-8(10)16/h2-4,9,15-16H,5-6H2,1H3,(H,14,17)(H,18,19). The number of phenolic OH excluding ortho intramolecular Hbond substituents is 2. The zero-order valence-corrected chi connectivity index (χ0v) is 10.8. The average molecular weight is 281 g/mol. The number of benzene rings is 1. The van der Waals surface area contributed by atoms with Gasteiger partial charge in [0.25, 0.3) is 5.91 Å². The zero-order valence-electron chi connectivity index (χ0n) is 10.8. The summed E-state index contributed by atoms with van der Waals surface area (Å²) in [7, 11) is 0. The maximum Gasteiger partial charge on any atom is 0.313 e. The van der Waals surface area contributed by atoms with Crippen molar-refractivity contribution in [1.82, 2.24) is 5.32 Å². The van der Waals surface area contributed by atoms with Crippen LogP contribution in [-0.2, 0) is 9.53 Å². The molecular formula is C13H15NO6. The molecule has 2 rings (SSSR count). The first-order chi connectivity index (χ1) is 9.36. The summed E-state index contributed by atoms with van der Waals surface area (Å²) in [5, 5.41) is 30.9. The minimum Gasteiger partial charge on any atom is -0.507 e. The van der Waals surface area contributed by atoms with E-state index in [1.807, 2.05) is 0 Å². The topological polar surface area (TPSA) is 116 Å². The SMILES string of the molecule is CC1(C(=O)O)COCC1NC(=O)c1c(O)cccc1O. The lowest BCUT2D eigenvalue weighted by Crippen LogP contribution is -2.49. The maximum atomic E-state index is 12.1. The lowest BCUT2D eigenvalue weighted by atomic mass is 9.85. The monoisotopic (exact) mass is 281 g/mol. The molecule has 0 bridgehead atoms. The summed E-state index contributed by atoms with van der Waals surface area (Å²) >= 11 is 0. The van der Waals surface area contributed by atoms with Crippen molar-refractivity contribution >= 4 is 11.9 Å². The van der Waals surface area contributed by atoms with Gasteiger partial charge in [0.15, 0.2) is 0 Å². The molecule has 108 valence electrons. The molecule has 2 atom stereocenters. The molecule has 7 heteroatoms. The molecular weight excluding hydrogens is 266 g/mol. The minimum atomic E-state index is -1.24. The van der Waals surface area contributed by atoms with E-state index in [0.717, 1.165) is 0 Å². The number of hydrogen-bond donors (Lipinski definition) is 4. The normalized spacial score (nSPS) is 25.4. The van der Waals surface area contributed by atoms with Crippen molar-refractivity contribution in [3.63, 3.8) is 0 Å². The van der Waals surface area contributed by atoms with E-state index in [-0.39, 0.29) is 30.3 Å². The zero-order chi connectivity index (χ0) is 14.9. The van der Waals surface area contributed by atoms with Gasteiger partial charge in [0, 0.05) is 0 Å². The Morgan fingerprint density at radius 3 is 2.50 bits per heavy atom. The van der Waals surface area contributed by atoms with E-state index in [4.69, 9.17) is 4.74 Å². The highest BCUT2D eigenvalue weighted by Crippen LogP contribution is 2.31. The van der Waals surface area contributed by atoms with Crippen LogP contribution >= 0.6 is 0 Å². The third-order valence-corrected chi connectivity index (χ3v) is 3.50. The fourth-order valence-electron chi connectivity index (χ4n) is 2.08. The predicted octanol–water partition coefficient (Wildman–Crippen LogP) is 0.317. The first-order valence-electron chi connectivity index (χ1n) is 5.99. The third-order valence-electron chi connectivity index (χ3n) is 3.50. The minimum absolute atomic E-state index is 0.0139. The van der Waals surface area contributed by atoms with E-state index in [2.05, 4.69) is 5.32 Å². The third kappa shape index (κ3) is 2.27. The number of hydrogen-bond acceptors (Lipinski definition) is 5. The first kappa shape index (κ1) is 14.1. The molecule has 1 aromatic carbocycles. The predicted molar refractivity (Wildman–Crippen MR) is 67.6 cm³/mol. The van der Waals surface area contributed by atoms with Gasteiger partial charge in [-0.2, -0.15) is 0 Å². The van der Waals surface area contributed by atoms with Crippen LogP contribution in [0.15, 0.2) is 18.2 Å². The van der Waals surface area contributed by atoms with Crippen molar-refractivity contribution < 1.29 is 29.6 Å². The van der Waals surface area contributed by atoms with Crippen molar-refractivity contribution in [3.8, 4) is 11.5 Å². The molecule has 1 aromatic rings. The molecule has 0 aromatic heterocycles. The van der Waals surface area contributed by atoms with Crippen molar-refractivity contribution in [3.05, 3.63) is 23.8 Å². The number of carboxylic acid groups (broad SMARTS) is 1. The molecule has 2 unspecified atom stereocenters. The molecule has 4 N–H and O–H groups in total. The van der Waals surface area contributed by atoms with Crippen molar-refractivity contribution in [2.45, 2.75) is 13.0 Å². The van der Waals surface area contributed by atoms with E-state index >= 15 is 0 Å². The Morgan fingerprint density at radius 2 is 1.95 bits per heavy atom. The number of phenols is 2. The van der Waals surface area contributed by atoms with Gasteiger partial charge in [0.05, 0.1) is 19.3 Å². The van der Waals surface area contributed by atoms with Crippen molar-refractivity contribution in [2.75, 3.05) is 13.2 Å². The summed E-state index contributed by atoms with van der Waals surface area (Å²) in [5.74, 6) is -2.58. The van der Waals surface area contributed by atoms with E-state index in [1.54, 1.807) is 0 Å². The average Bonchev–Trinajstić information content (AvgIpc) is 2.72. The second kappa shape index (κ2) is 5.01. The quantitative estimate of drug-likeness (QED) is 0.634. The van der Waals surface area contributed by atoms with Crippen LogP contribution in [0.2, 0.25) is 0 Å². The fourth-order valence-corrected chi connectivity index (χ4v) is 2.08. The molecule has 0 aliphatic carbocycles. The number of carboxylic acids is 1. The van der Waals surface area contributed by atoms with Crippen LogP contribution in [-0.4, -0.2) is 46.5 Å². The van der Waals surface area contributed by atoms with E-state index in [9.17, 15) is 24.9 Å².